The van der Waals surface area contributed by atoms with Gasteiger partial charge in [0.2, 0.25) is 0 Å². The third-order valence-corrected chi connectivity index (χ3v) is 4.76. The van der Waals surface area contributed by atoms with Crippen molar-refractivity contribution >= 4 is 22.6 Å². The normalized spacial score (nSPS) is 19.9. The van der Waals surface area contributed by atoms with Crippen LogP contribution in [-0.4, -0.2) is 9.55 Å². The Morgan fingerprint density at radius 3 is 2.52 bits per heavy atom. The Morgan fingerprint density at radius 1 is 1.24 bits per heavy atom. The Bertz CT molecular complexity index is 672. The molecule has 0 bridgehead atoms. The zero-order valence-electron chi connectivity index (χ0n) is 12.3. The molecule has 21 heavy (non-hydrogen) atoms. The van der Waals surface area contributed by atoms with Crippen molar-refractivity contribution in [3.8, 4) is 0 Å². The van der Waals surface area contributed by atoms with Crippen molar-refractivity contribution in [1.82, 2.24) is 9.55 Å². The number of nitrogens with zero attached hydrogens (tertiary/aromatic N) is 2. The van der Waals surface area contributed by atoms with Gasteiger partial charge in [0, 0.05) is 5.54 Å². The van der Waals surface area contributed by atoms with Crippen molar-refractivity contribution in [2.75, 3.05) is 0 Å². The van der Waals surface area contributed by atoms with Crippen molar-refractivity contribution in [1.29, 1.82) is 0 Å². The summed E-state index contributed by atoms with van der Waals surface area (Å²) < 4.78 is 29.9. The molecule has 114 valence electrons. The molecule has 5 heteroatoms. The summed E-state index contributed by atoms with van der Waals surface area (Å²) in [6.45, 7) is 3.92. The zero-order chi connectivity index (χ0) is 15.2. The van der Waals surface area contributed by atoms with E-state index in [0.717, 1.165) is 31.7 Å². The van der Waals surface area contributed by atoms with Gasteiger partial charge in [0.1, 0.15) is 11.3 Å². The molecule has 2 nitrogen and oxygen atoms in total. The van der Waals surface area contributed by atoms with Gasteiger partial charge in [-0.2, -0.15) is 0 Å². The number of aromatic nitrogens is 2. The van der Waals surface area contributed by atoms with Crippen LogP contribution in [0.3, 0.4) is 0 Å². The van der Waals surface area contributed by atoms with E-state index in [9.17, 15) is 8.78 Å². The first-order valence-corrected chi connectivity index (χ1v) is 7.88. The monoisotopic (exact) mass is 312 g/mol. The summed E-state index contributed by atoms with van der Waals surface area (Å²) in [7, 11) is 0. The Morgan fingerprint density at radius 2 is 1.90 bits per heavy atom. The molecule has 0 amide bonds. The van der Waals surface area contributed by atoms with Gasteiger partial charge >= 0.3 is 0 Å². The fraction of sp³-hybridized carbons (Fsp3) is 0.562. The highest BCUT2D eigenvalue weighted by atomic mass is 35.5. The standard InChI is InChI=1S/C16H19ClF2N2/c1-10(17)15-20-12-7-6-11(18)13(19)14(12)21(15)16(2)8-4-3-5-9-16/h6-7,10H,3-5,8-9H2,1-2H3. The van der Waals surface area contributed by atoms with Gasteiger partial charge in [-0.05, 0) is 38.8 Å². The third kappa shape index (κ3) is 2.33. The lowest BCUT2D eigenvalue weighted by molar-refractivity contribution is 0.218. The van der Waals surface area contributed by atoms with E-state index >= 15 is 0 Å². The highest BCUT2D eigenvalue weighted by Crippen LogP contribution is 2.40. The van der Waals surface area contributed by atoms with Gasteiger partial charge in [0.25, 0.3) is 0 Å². The molecule has 1 unspecified atom stereocenters. The van der Waals surface area contributed by atoms with Crippen molar-refractivity contribution in [2.45, 2.75) is 56.9 Å². The lowest BCUT2D eigenvalue weighted by Gasteiger charge is -2.37. The van der Waals surface area contributed by atoms with Gasteiger partial charge in [-0.25, -0.2) is 13.8 Å². The maximum Gasteiger partial charge on any atom is 0.184 e. The summed E-state index contributed by atoms with van der Waals surface area (Å²) in [5, 5.41) is -0.349. The molecule has 1 aromatic carbocycles. The van der Waals surface area contributed by atoms with Crippen LogP contribution in [0, 0.1) is 11.6 Å². The molecule has 1 aliphatic rings. The van der Waals surface area contributed by atoms with Crippen molar-refractivity contribution in [2.24, 2.45) is 0 Å². The van der Waals surface area contributed by atoms with Crippen LogP contribution >= 0.6 is 11.6 Å². The minimum Gasteiger partial charge on any atom is -0.318 e. The molecule has 0 radical (unpaired) electrons. The van der Waals surface area contributed by atoms with Crippen LogP contribution in [0.2, 0.25) is 0 Å². The van der Waals surface area contributed by atoms with E-state index in [4.69, 9.17) is 11.6 Å². The summed E-state index contributed by atoms with van der Waals surface area (Å²) in [5.74, 6) is -1.03. The predicted octanol–water partition coefficient (Wildman–Crippen LogP) is 5.29. The molecule has 1 saturated carbocycles. The van der Waals surface area contributed by atoms with Crippen LogP contribution in [0.5, 0.6) is 0 Å². The first-order chi connectivity index (χ1) is 9.94. The maximum absolute atomic E-state index is 14.4. The predicted molar refractivity (Wildman–Crippen MR) is 80.7 cm³/mol. The molecular weight excluding hydrogens is 294 g/mol. The van der Waals surface area contributed by atoms with Gasteiger partial charge in [-0.3, -0.25) is 0 Å². The van der Waals surface area contributed by atoms with Gasteiger partial charge < -0.3 is 4.57 Å². The van der Waals surface area contributed by atoms with Crippen molar-refractivity contribution in [3.63, 3.8) is 0 Å². The van der Waals surface area contributed by atoms with Gasteiger partial charge in [-0.15, -0.1) is 11.6 Å². The van der Waals surface area contributed by atoms with E-state index < -0.39 is 11.6 Å². The van der Waals surface area contributed by atoms with E-state index in [1.165, 1.54) is 12.5 Å². The fourth-order valence-corrected chi connectivity index (χ4v) is 3.62. The van der Waals surface area contributed by atoms with Crippen molar-refractivity contribution in [3.05, 3.63) is 29.6 Å². The summed E-state index contributed by atoms with van der Waals surface area (Å²) in [4.78, 5) is 4.46. The summed E-state index contributed by atoms with van der Waals surface area (Å²) >= 11 is 6.25. The lowest BCUT2D eigenvalue weighted by Crippen LogP contribution is -2.34. The minimum atomic E-state index is -0.836. The van der Waals surface area contributed by atoms with Crippen LogP contribution in [-0.2, 0) is 5.54 Å². The molecule has 1 atom stereocenters. The minimum absolute atomic E-state index is 0.250. The van der Waals surface area contributed by atoms with E-state index in [2.05, 4.69) is 11.9 Å². The highest BCUT2D eigenvalue weighted by Gasteiger charge is 2.34. The Kier molecular flexibility index (Phi) is 3.68. The van der Waals surface area contributed by atoms with Gasteiger partial charge in [0.05, 0.1) is 10.9 Å². The van der Waals surface area contributed by atoms with Gasteiger partial charge in [0.15, 0.2) is 11.6 Å². The first-order valence-electron chi connectivity index (χ1n) is 7.45. The second-order valence-electron chi connectivity index (χ2n) is 6.21. The molecule has 1 aliphatic carbocycles. The smallest absolute Gasteiger partial charge is 0.184 e. The number of alkyl halides is 1. The number of halogens is 3. The number of rotatable bonds is 2. The topological polar surface area (TPSA) is 17.8 Å². The van der Waals surface area contributed by atoms with Crippen LogP contribution in [0.25, 0.3) is 11.0 Å². The van der Waals surface area contributed by atoms with E-state index in [0.29, 0.717) is 11.3 Å². The highest BCUT2D eigenvalue weighted by molar-refractivity contribution is 6.20. The number of hydrogen-bond acceptors (Lipinski definition) is 1. The zero-order valence-corrected chi connectivity index (χ0v) is 13.1. The Labute approximate surface area is 128 Å². The molecule has 0 N–H and O–H groups in total. The average molecular weight is 313 g/mol. The molecule has 1 fully saturated rings. The van der Waals surface area contributed by atoms with E-state index in [-0.39, 0.29) is 16.4 Å². The van der Waals surface area contributed by atoms with Crippen LogP contribution in [0.1, 0.15) is 57.2 Å². The van der Waals surface area contributed by atoms with Crippen LogP contribution < -0.4 is 0 Å². The summed E-state index contributed by atoms with van der Waals surface area (Å²) in [6.07, 6.45) is 5.23. The largest absolute Gasteiger partial charge is 0.318 e. The lowest BCUT2D eigenvalue weighted by atomic mass is 9.82. The Balaban J connectivity index is 2.32. The quantitative estimate of drug-likeness (QED) is 0.689. The summed E-state index contributed by atoms with van der Waals surface area (Å²) in [5.41, 5.74) is 0.477. The molecule has 0 spiro atoms. The Hall–Kier alpha value is -1.16. The number of imidazole rings is 1. The molecule has 2 aromatic rings. The third-order valence-electron chi connectivity index (χ3n) is 4.56. The van der Waals surface area contributed by atoms with Crippen LogP contribution in [0.4, 0.5) is 8.78 Å². The maximum atomic E-state index is 14.4. The average Bonchev–Trinajstić information content (AvgIpc) is 2.85. The molecule has 1 heterocycles. The van der Waals surface area contributed by atoms with Crippen molar-refractivity contribution < 1.29 is 8.78 Å². The number of hydrogen-bond donors (Lipinski definition) is 0. The number of fused-ring (bicyclic) bond motifs is 1. The first kappa shape index (κ1) is 14.8. The van der Waals surface area contributed by atoms with Gasteiger partial charge in [-0.1, -0.05) is 19.3 Å². The number of benzene rings is 1. The van der Waals surface area contributed by atoms with E-state index in [1.54, 1.807) is 0 Å². The SMILES string of the molecule is CC(Cl)c1nc2ccc(F)c(F)c2n1C1(C)CCCCC1. The fourth-order valence-electron chi connectivity index (χ4n) is 3.47. The summed E-state index contributed by atoms with van der Waals surface area (Å²) in [6, 6.07) is 2.65. The molecular formula is C16H19ClF2N2. The van der Waals surface area contributed by atoms with E-state index in [1.807, 2.05) is 11.5 Å². The molecule has 0 saturated heterocycles. The second-order valence-corrected chi connectivity index (χ2v) is 6.86. The second kappa shape index (κ2) is 5.24. The molecule has 0 aliphatic heterocycles. The molecule has 1 aromatic heterocycles. The van der Waals surface area contributed by atoms with Crippen LogP contribution in [0.15, 0.2) is 12.1 Å². The molecule has 3 rings (SSSR count).